The van der Waals surface area contributed by atoms with E-state index in [1.165, 1.54) is 5.69 Å². The number of aromatic nitrogens is 2. The van der Waals surface area contributed by atoms with Crippen LogP contribution in [0.25, 0.3) is 0 Å². The highest BCUT2D eigenvalue weighted by Gasteiger charge is 2.28. The Labute approximate surface area is 104 Å². The molecule has 1 heterocycles. The van der Waals surface area contributed by atoms with Gasteiger partial charge < -0.3 is 10.1 Å². The maximum atomic E-state index is 5.25. The average molecular weight is 288 g/mol. The van der Waals surface area contributed by atoms with Crippen molar-refractivity contribution in [3.05, 3.63) is 15.9 Å². The molecule has 1 N–H and O–H groups in total. The second-order valence-corrected chi connectivity index (χ2v) is 5.17. The molecule has 1 aromatic rings. The van der Waals surface area contributed by atoms with Gasteiger partial charge in [-0.25, -0.2) is 0 Å². The second-order valence-electron chi connectivity index (χ2n) is 4.38. The first-order valence-corrected chi connectivity index (χ1v) is 6.35. The standard InChI is InChI=1S/C11H18BrN3O/c1-7-11(12)10(15(2)14-7)6-13-8-4-9(5-8)16-3/h8-9,13H,4-6H2,1-3H3. The van der Waals surface area contributed by atoms with Crippen LogP contribution in [-0.2, 0) is 18.3 Å². The molecule has 0 atom stereocenters. The van der Waals surface area contributed by atoms with Gasteiger partial charge in [0, 0.05) is 26.7 Å². The molecular formula is C11H18BrN3O. The third-order valence-electron chi connectivity index (χ3n) is 3.25. The van der Waals surface area contributed by atoms with Crippen LogP contribution in [0, 0.1) is 6.92 Å². The van der Waals surface area contributed by atoms with Crippen LogP contribution in [0.2, 0.25) is 0 Å². The van der Waals surface area contributed by atoms with Crippen LogP contribution in [0.4, 0.5) is 0 Å². The van der Waals surface area contributed by atoms with E-state index in [1.54, 1.807) is 7.11 Å². The van der Waals surface area contributed by atoms with Crippen molar-refractivity contribution < 1.29 is 4.74 Å². The van der Waals surface area contributed by atoms with Crippen molar-refractivity contribution in [3.63, 3.8) is 0 Å². The smallest absolute Gasteiger partial charge is 0.0739 e. The lowest BCUT2D eigenvalue weighted by molar-refractivity contribution is 0.0168. The van der Waals surface area contributed by atoms with Gasteiger partial charge >= 0.3 is 0 Å². The van der Waals surface area contributed by atoms with E-state index in [4.69, 9.17) is 4.74 Å². The van der Waals surface area contributed by atoms with Crippen molar-refractivity contribution in [2.24, 2.45) is 7.05 Å². The number of ether oxygens (including phenoxy) is 1. The molecule has 1 aromatic heterocycles. The van der Waals surface area contributed by atoms with Crippen molar-refractivity contribution in [1.82, 2.24) is 15.1 Å². The fourth-order valence-electron chi connectivity index (χ4n) is 2.04. The molecule has 1 aliphatic carbocycles. The van der Waals surface area contributed by atoms with Gasteiger partial charge in [0.1, 0.15) is 0 Å². The van der Waals surface area contributed by atoms with E-state index in [0.29, 0.717) is 12.1 Å². The average Bonchev–Trinajstić information content (AvgIpc) is 2.42. The summed E-state index contributed by atoms with van der Waals surface area (Å²) in [6, 6.07) is 0.590. The summed E-state index contributed by atoms with van der Waals surface area (Å²) < 4.78 is 8.30. The first kappa shape index (κ1) is 12.1. The van der Waals surface area contributed by atoms with Gasteiger partial charge in [-0.05, 0) is 35.7 Å². The zero-order chi connectivity index (χ0) is 11.7. The quantitative estimate of drug-likeness (QED) is 0.917. The Morgan fingerprint density at radius 3 is 2.75 bits per heavy atom. The minimum absolute atomic E-state index is 0.453. The number of hydrogen-bond donors (Lipinski definition) is 1. The number of hydrogen-bond acceptors (Lipinski definition) is 3. The summed E-state index contributed by atoms with van der Waals surface area (Å²) in [5.74, 6) is 0. The molecule has 5 heteroatoms. The molecule has 4 nitrogen and oxygen atoms in total. The molecule has 0 aliphatic heterocycles. The lowest BCUT2D eigenvalue weighted by atomic mass is 9.89. The van der Waals surface area contributed by atoms with Gasteiger partial charge in [-0.15, -0.1) is 0 Å². The van der Waals surface area contributed by atoms with Crippen LogP contribution in [-0.4, -0.2) is 29.0 Å². The van der Waals surface area contributed by atoms with Crippen molar-refractivity contribution in [1.29, 1.82) is 0 Å². The molecule has 1 saturated carbocycles. The molecule has 0 aromatic carbocycles. The van der Waals surface area contributed by atoms with Gasteiger partial charge in [0.05, 0.1) is 22.0 Å². The molecule has 2 rings (SSSR count). The number of nitrogens with one attached hydrogen (secondary N) is 1. The molecule has 16 heavy (non-hydrogen) atoms. The first-order chi connectivity index (χ1) is 7.61. The zero-order valence-corrected chi connectivity index (χ0v) is 11.5. The Bertz CT molecular complexity index is 372. The number of rotatable bonds is 4. The third kappa shape index (κ3) is 2.31. The molecule has 1 fully saturated rings. The van der Waals surface area contributed by atoms with Gasteiger partial charge in [-0.3, -0.25) is 4.68 Å². The van der Waals surface area contributed by atoms with E-state index in [1.807, 2.05) is 18.7 Å². The molecule has 0 spiro atoms. The topological polar surface area (TPSA) is 39.1 Å². The molecule has 0 radical (unpaired) electrons. The lowest BCUT2D eigenvalue weighted by Crippen LogP contribution is -2.44. The van der Waals surface area contributed by atoms with Crippen LogP contribution >= 0.6 is 15.9 Å². The lowest BCUT2D eigenvalue weighted by Gasteiger charge is -2.34. The molecule has 0 bridgehead atoms. The molecule has 1 aliphatic rings. The Morgan fingerprint density at radius 2 is 2.25 bits per heavy atom. The van der Waals surface area contributed by atoms with Gasteiger partial charge in [-0.2, -0.15) is 5.10 Å². The van der Waals surface area contributed by atoms with E-state index >= 15 is 0 Å². The number of halogens is 1. The van der Waals surface area contributed by atoms with Crippen molar-refractivity contribution >= 4 is 15.9 Å². The van der Waals surface area contributed by atoms with E-state index in [-0.39, 0.29) is 0 Å². The largest absolute Gasteiger partial charge is 0.381 e. The Kier molecular flexibility index (Phi) is 3.66. The highest BCUT2D eigenvalue weighted by Crippen LogP contribution is 2.24. The molecule has 0 unspecified atom stereocenters. The van der Waals surface area contributed by atoms with Crippen molar-refractivity contribution in [2.45, 2.75) is 38.5 Å². The molecule has 0 saturated heterocycles. The minimum atomic E-state index is 0.453. The van der Waals surface area contributed by atoms with Gasteiger partial charge in [0.2, 0.25) is 0 Å². The predicted octanol–water partition coefficient (Wildman–Crippen LogP) is 1.76. The Morgan fingerprint density at radius 1 is 1.56 bits per heavy atom. The summed E-state index contributed by atoms with van der Waals surface area (Å²) in [7, 11) is 3.76. The van der Waals surface area contributed by atoms with Crippen LogP contribution < -0.4 is 5.32 Å². The SMILES string of the molecule is COC1CC(NCc2c(Br)c(C)nn2C)C1. The Balaban J connectivity index is 1.86. The number of aryl methyl sites for hydroxylation is 2. The van der Waals surface area contributed by atoms with Crippen molar-refractivity contribution in [3.8, 4) is 0 Å². The third-order valence-corrected chi connectivity index (χ3v) is 4.28. The number of methoxy groups -OCH3 is 1. The molecule has 0 amide bonds. The summed E-state index contributed by atoms with van der Waals surface area (Å²) in [5.41, 5.74) is 2.25. The summed E-state index contributed by atoms with van der Waals surface area (Å²) in [5, 5.41) is 7.89. The highest BCUT2D eigenvalue weighted by atomic mass is 79.9. The summed E-state index contributed by atoms with van der Waals surface area (Å²) in [6.45, 7) is 2.87. The monoisotopic (exact) mass is 287 g/mol. The number of nitrogens with zero attached hydrogens (tertiary/aromatic N) is 2. The van der Waals surface area contributed by atoms with Gasteiger partial charge in [0.25, 0.3) is 0 Å². The van der Waals surface area contributed by atoms with Crippen LogP contribution in [0.3, 0.4) is 0 Å². The fraction of sp³-hybridized carbons (Fsp3) is 0.727. The molecule has 90 valence electrons. The predicted molar refractivity (Wildman–Crippen MR) is 66.3 cm³/mol. The summed E-state index contributed by atoms with van der Waals surface area (Å²) in [6.07, 6.45) is 2.69. The van der Waals surface area contributed by atoms with Crippen LogP contribution in [0.5, 0.6) is 0 Å². The van der Waals surface area contributed by atoms with E-state index < -0.39 is 0 Å². The second kappa shape index (κ2) is 4.85. The highest BCUT2D eigenvalue weighted by molar-refractivity contribution is 9.10. The van der Waals surface area contributed by atoms with E-state index in [2.05, 4.69) is 26.3 Å². The van der Waals surface area contributed by atoms with Crippen LogP contribution in [0.1, 0.15) is 24.2 Å². The summed E-state index contributed by atoms with van der Waals surface area (Å²) >= 11 is 3.57. The van der Waals surface area contributed by atoms with Crippen molar-refractivity contribution in [2.75, 3.05) is 7.11 Å². The van der Waals surface area contributed by atoms with Gasteiger partial charge in [-0.1, -0.05) is 0 Å². The van der Waals surface area contributed by atoms with Crippen LogP contribution in [0.15, 0.2) is 4.47 Å². The first-order valence-electron chi connectivity index (χ1n) is 5.56. The molecular weight excluding hydrogens is 270 g/mol. The van der Waals surface area contributed by atoms with Gasteiger partial charge in [0.15, 0.2) is 0 Å². The Hall–Kier alpha value is -0.390. The normalized spacial score (nSPS) is 24.5. The van der Waals surface area contributed by atoms with E-state index in [0.717, 1.165) is 29.6 Å². The minimum Gasteiger partial charge on any atom is -0.381 e. The summed E-state index contributed by atoms with van der Waals surface area (Å²) in [4.78, 5) is 0. The fourth-order valence-corrected chi connectivity index (χ4v) is 2.51. The zero-order valence-electron chi connectivity index (χ0n) is 9.96. The maximum Gasteiger partial charge on any atom is 0.0739 e. The van der Waals surface area contributed by atoms with E-state index in [9.17, 15) is 0 Å². The maximum absolute atomic E-state index is 5.25.